The predicted octanol–water partition coefficient (Wildman–Crippen LogP) is 6.03. The Morgan fingerprint density at radius 3 is 2.42 bits per heavy atom. The molecule has 1 fully saturated rings. The highest BCUT2D eigenvalue weighted by molar-refractivity contribution is 6.46. The second-order valence-electron chi connectivity index (χ2n) is 9.16. The van der Waals surface area contributed by atoms with E-state index in [4.69, 9.17) is 14.2 Å². The summed E-state index contributed by atoms with van der Waals surface area (Å²) >= 11 is 0. The van der Waals surface area contributed by atoms with Crippen LogP contribution in [0.25, 0.3) is 5.76 Å². The van der Waals surface area contributed by atoms with Crippen LogP contribution >= 0.6 is 0 Å². The Morgan fingerprint density at radius 1 is 0.947 bits per heavy atom. The molecule has 1 N–H and O–H groups in total. The van der Waals surface area contributed by atoms with Gasteiger partial charge in [-0.15, -0.1) is 0 Å². The summed E-state index contributed by atoms with van der Waals surface area (Å²) in [6, 6.07) is 21.0. The number of unbranched alkanes of at least 4 members (excludes halogenated alkanes) is 1. The third kappa shape index (κ3) is 5.89. The monoisotopic (exact) mass is 515 g/mol. The molecule has 1 aliphatic rings. The first-order valence-corrected chi connectivity index (χ1v) is 12.8. The van der Waals surface area contributed by atoms with Crippen molar-refractivity contribution in [3.8, 4) is 17.2 Å². The number of Topliss-reactive ketones (excluding diaryl/α,β-unsaturated/α-hetero) is 1. The number of hydrogen-bond donors (Lipinski definition) is 1. The molecule has 0 spiro atoms. The zero-order chi connectivity index (χ0) is 27.1. The molecule has 1 amide bonds. The quantitative estimate of drug-likeness (QED) is 0.145. The first-order chi connectivity index (χ1) is 18.4. The predicted molar refractivity (Wildman–Crippen MR) is 145 cm³/mol. The molecule has 0 saturated carbocycles. The van der Waals surface area contributed by atoms with Crippen LogP contribution in [0, 0.1) is 6.92 Å². The Labute approximate surface area is 223 Å². The Hall–Kier alpha value is -4.10. The minimum atomic E-state index is -0.801. The van der Waals surface area contributed by atoms with Crippen LogP contribution in [0.4, 0.5) is 0 Å². The molecular weight excluding hydrogens is 482 g/mol. The number of aliphatic hydroxyl groups is 1. The summed E-state index contributed by atoms with van der Waals surface area (Å²) in [7, 11) is 1.53. The van der Waals surface area contributed by atoms with Gasteiger partial charge in [-0.05, 0) is 66.9 Å². The van der Waals surface area contributed by atoms with Gasteiger partial charge in [0.25, 0.3) is 11.7 Å². The first-order valence-electron chi connectivity index (χ1n) is 12.8. The van der Waals surface area contributed by atoms with Crippen molar-refractivity contribution in [1.29, 1.82) is 0 Å². The van der Waals surface area contributed by atoms with E-state index in [1.54, 1.807) is 36.4 Å². The number of amides is 1. The Morgan fingerprint density at radius 2 is 1.71 bits per heavy atom. The van der Waals surface area contributed by atoms with Gasteiger partial charge < -0.3 is 24.2 Å². The molecule has 38 heavy (non-hydrogen) atoms. The van der Waals surface area contributed by atoms with Crippen molar-refractivity contribution in [3.63, 3.8) is 0 Å². The van der Waals surface area contributed by atoms with Gasteiger partial charge >= 0.3 is 0 Å². The minimum absolute atomic E-state index is 0.0296. The molecule has 0 radical (unpaired) electrons. The van der Waals surface area contributed by atoms with E-state index >= 15 is 0 Å². The molecule has 7 heteroatoms. The van der Waals surface area contributed by atoms with Crippen LogP contribution in [-0.2, 0) is 14.3 Å². The van der Waals surface area contributed by atoms with E-state index < -0.39 is 17.7 Å². The van der Waals surface area contributed by atoms with Gasteiger partial charge in [0.15, 0.2) is 0 Å². The topological polar surface area (TPSA) is 85.3 Å². The van der Waals surface area contributed by atoms with Crippen molar-refractivity contribution in [1.82, 2.24) is 4.90 Å². The smallest absolute Gasteiger partial charge is 0.295 e. The SMILES string of the molecule is CCCCOc1ccc(C(O)=C2C(=O)C(=O)N(CCOC)[C@H]2c2cccc(Oc3ccccc3)c2)cc1C. The van der Waals surface area contributed by atoms with Gasteiger partial charge in [0.2, 0.25) is 0 Å². The van der Waals surface area contributed by atoms with Gasteiger partial charge in [-0.1, -0.05) is 43.7 Å². The van der Waals surface area contributed by atoms with Gasteiger partial charge in [-0.25, -0.2) is 0 Å². The number of likely N-dealkylation sites (tertiary alicyclic amines) is 1. The van der Waals surface area contributed by atoms with E-state index in [1.807, 2.05) is 43.3 Å². The molecule has 0 aliphatic carbocycles. The number of aliphatic hydroxyl groups excluding tert-OH is 1. The number of ether oxygens (including phenoxy) is 3. The molecule has 0 unspecified atom stereocenters. The zero-order valence-electron chi connectivity index (χ0n) is 22.0. The highest BCUT2D eigenvalue weighted by Crippen LogP contribution is 2.41. The number of carbonyl (C=O) groups excluding carboxylic acids is 2. The number of hydrogen-bond acceptors (Lipinski definition) is 6. The van der Waals surface area contributed by atoms with Gasteiger partial charge in [0.1, 0.15) is 23.0 Å². The van der Waals surface area contributed by atoms with Crippen molar-refractivity contribution in [2.75, 3.05) is 26.9 Å². The molecule has 3 aromatic carbocycles. The molecule has 1 heterocycles. The highest BCUT2D eigenvalue weighted by Gasteiger charge is 2.46. The number of aryl methyl sites for hydroxylation is 1. The summed E-state index contributed by atoms with van der Waals surface area (Å²) in [5.41, 5.74) is 1.94. The van der Waals surface area contributed by atoms with E-state index in [1.165, 1.54) is 12.0 Å². The molecule has 198 valence electrons. The lowest BCUT2D eigenvalue weighted by atomic mass is 9.94. The molecule has 1 aliphatic heterocycles. The van der Waals surface area contributed by atoms with Crippen LogP contribution in [-0.4, -0.2) is 48.6 Å². The summed E-state index contributed by atoms with van der Waals surface area (Å²) in [5.74, 6) is 0.284. The zero-order valence-corrected chi connectivity index (χ0v) is 22.0. The standard InChI is InChI=1S/C31H33NO6/c1-4-5-17-37-26-15-14-23(19-21(26)2)29(33)27-28(32(16-18-36-3)31(35)30(27)34)22-10-9-13-25(20-22)38-24-11-7-6-8-12-24/h6-15,19-20,28,33H,4-5,16-18H2,1-3H3/t28-/m0/s1. The van der Waals surface area contributed by atoms with Crippen molar-refractivity contribution < 1.29 is 28.9 Å². The van der Waals surface area contributed by atoms with Crippen LogP contribution in [0.1, 0.15) is 42.5 Å². The molecule has 0 bridgehead atoms. The summed E-state index contributed by atoms with van der Waals surface area (Å²) in [6.07, 6.45) is 1.97. The number of methoxy groups -OCH3 is 1. The molecule has 3 aromatic rings. The molecule has 1 saturated heterocycles. The van der Waals surface area contributed by atoms with Crippen molar-refractivity contribution in [3.05, 3.63) is 95.1 Å². The van der Waals surface area contributed by atoms with Crippen LogP contribution in [0.2, 0.25) is 0 Å². The lowest BCUT2D eigenvalue weighted by Gasteiger charge is -2.25. The Balaban J connectivity index is 1.74. The molecular formula is C31H33NO6. The number of rotatable bonds is 11. The lowest BCUT2D eigenvalue weighted by Crippen LogP contribution is -2.32. The third-order valence-corrected chi connectivity index (χ3v) is 6.43. The van der Waals surface area contributed by atoms with Gasteiger partial charge in [-0.3, -0.25) is 9.59 Å². The summed E-state index contributed by atoms with van der Waals surface area (Å²) < 4.78 is 17.0. The Bertz CT molecular complexity index is 1320. The summed E-state index contributed by atoms with van der Waals surface area (Å²) in [4.78, 5) is 27.8. The summed E-state index contributed by atoms with van der Waals surface area (Å²) in [6.45, 7) is 5.02. The first kappa shape index (κ1) is 26.9. The Kier molecular flexibility index (Phi) is 8.81. The van der Waals surface area contributed by atoms with Crippen LogP contribution < -0.4 is 9.47 Å². The highest BCUT2D eigenvalue weighted by atomic mass is 16.5. The third-order valence-electron chi connectivity index (χ3n) is 6.43. The largest absolute Gasteiger partial charge is 0.507 e. The van der Waals surface area contributed by atoms with Crippen molar-refractivity contribution in [2.24, 2.45) is 0 Å². The normalized spacial score (nSPS) is 16.6. The fraction of sp³-hybridized carbons (Fsp3) is 0.290. The van der Waals surface area contributed by atoms with E-state index in [2.05, 4.69) is 6.92 Å². The second kappa shape index (κ2) is 12.4. The molecule has 4 rings (SSSR count). The fourth-order valence-electron chi connectivity index (χ4n) is 4.46. The summed E-state index contributed by atoms with van der Waals surface area (Å²) in [5, 5.41) is 11.4. The average Bonchev–Trinajstić information content (AvgIpc) is 3.18. The maximum absolute atomic E-state index is 13.3. The van der Waals surface area contributed by atoms with E-state index in [9.17, 15) is 14.7 Å². The lowest BCUT2D eigenvalue weighted by molar-refractivity contribution is -0.140. The van der Waals surface area contributed by atoms with Gasteiger partial charge in [0.05, 0.1) is 24.8 Å². The van der Waals surface area contributed by atoms with Crippen LogP contribution in [0.5, 0.6) is 17.2 Å². The van der Waals surface area contributed by atoms with E-state index in [0.29, 0.717) is 29.2 Å². The van der Waals surface area contributed by atoms with Crippen molar-refractivity contribution in [2.45, 2.75) is 32.7 Å². The van der Waals surface area contributed by atoms with Gasteiger partial charge in [0, 0.05) is 19.2 Å². The van der Waals surface area contributed by atoms with Crippen LogP contribution in [0.3, 0.4) is 0 Å². The molecule has 0 aromatic heterocycles. The number of carbonyl (C=O) groups is 2. The number of para-hydroxylation sites is 1. The molecule has 1 atom stereocenters. The van der Waals surface area contributed by atoms with Gasteiger partial charge in [-0.2, -0.15) is 0 Å². The van der Waals surface area contributed by atoms with E-state index in [0.717, 1.165) is 24.2 Å². The van der Waals surface area contributed by atoms with Crippen LogP contribution in [0.15, 0.2) is 78.4 Å². The number of ketones is 1. The number of benzene rings is 3. The minimum Gasteiger partial charge on any atom is -0.507 e. The van der Waals surface area contributed by atoms with E-state index in [-0.39, 0.29) is 24.5 Å². The maximum Gasteiger partial charge on any atom is 0.295 e. The maximum atomic E-state index is 13.3. The molecule has 7 nitrogen and oxygen atoms in total. The fourth-order valence-corrected chi connectivity index (χ4v) is 4.46. The number of nitrogens with zero attached hydrogens (tertiary/aromatic N) is 1. The van der Waals surface area contributed by atoms with Crippen molar-refractivity contribution >= 4 is 17.4 Å². The second-order valence-corrected chi connectivity index (χ2v) is 9.16. The average molecular weight is 516 g/mol.